The van der Waals surface area contributed by atoms with Crippen LogP contribution in [0.1, 0.15) is 61.9 Å². The molecule has 0 radical (unpaired) electrons. The van der Waals surface area contributed by atoms with Gasteiger partial charge in [-0.15, -0.1) is 0 Å². The summed E-state index contributed by atoms with van der Waals surface area (Å²) in [6, 6.07) is 17.2. The van der Waals surface area contributed by atoms with E-state index >= 15 is 0 Å². The highest BCUT2D eigenvalue weighted by atomic mass is 32.2. The Hall–Kier alpha value is -2.46. The fraction of sp³-hybridized carbons (Fsp3) is 0.536. The van der Waals surface area contributed by atoms with Gasteiger partial charge in [0.1, 0.15) is 5.75 Å². The van der Waals surface area contributed by atoms with Crippen molar-refractivity contribution >= 4 is 16.1 Å². The normalized spacial score (nSPS) is 20.1. The van der Waals surface area contributed by atoms with E-state index in [1.54, 1.807) is 19.2 Å². The quantitative estimate of drug-likeness (QED) is 0.325. The molecule has 0 unspecified atom stereocenters. The molecule has 0 heterocycles. The van der Waals surface area contributed by atoms with Gasteiger partial charge in [0.15, 0.2) is 0 Å². The van der Waals surface area contributed by atoms with Gasteiger partial charge in [-0.05, 0) is 69.4 Å². The molecule has 0 bridgehead atoms. The second kappa shape index (κ2) is 13.9. The van der Waals surface area contributed by atoms with E-state index < -0.39 is 10.2 Å². The Balaban J connectivity index is 1.60. The Morgan fingerprint density at radius 3 is 2.32 bits per heavy atom. The highest BCUT2D eigenvalue weighted by Crippen LogP contribution is 2.39. The summed E-state index contributed by atoms with van der Waals surface area (Å²) in [4.78, 5) is 15.3. The molecule has 2 aromatic rings. The summed E-state index contributed by atoms with van der Waals surface area (Å²) in [7, 11) is -2.01. The fourth-order valence-corrected chi connectivity index (χ4v) is 6.31. The van der Waals surface area contributed by atoms with Crippen LogP contribution in [-0.2, 0) is 15.6 Å². The number of ether oxygens (including phenoxy) is 1. The van der Waals surface area contributed by atoms with Gasteiger partial charge in [0.2, 0.25) is 0 Å². The fourth-order valence-electron chi connectivity index (χ4n) is 5.13. The topological polar surface area (TPSA) is 99.8 Å². The van der Waals surface area contributed by atoms with Crippen molar-refractivity contribution in [3.8, 4) is 5.75 Å². The first-order valence-corrected chi connectivity index (χ1v) is 14.8. The Morgan fingerprint density at radius 2 is 1.68 bits per heavy atom. The highest BCUT2D eigenvalue weighted by Gasteiger charge is 2.38. The summed E-state index contributed by atoms with van der Waals surface area (Å²) in [5.41, 5.74) is 1.39. The van der Waals surface area contributed by atoms with E-state index in [4.69, 9.17) is 4.74 Å². The largest absolute Gasteiger partial charge is 0.496 e. The van der Waals surface area contributed by atoms with Gasteiger partial charge in [-0.3, -0.25) is 4.79 Å². The van der Waals surface area contributed by atoms with E-state index in [0.717, 1.165) is 44.5 Å². The number of nitrogens with one attached hydrogen (secondary N) is 3. The van der Waals surface area contributed by atoms with Crippen LogP contribution in [0, 0.1) is 0 Å². The SMILES string of the molecule is CCN(CC)CCCNS(=O)(=O)NC1CCC(CNC(=O)c2ccccc2OC)(c2ccccc2)CC1. The lowest BCUT2D eigenvalue weighted by molar-refractivity contribution is 0.0932. The molecule has 1 aliphatic rings. The van der Waals surface area contributed by atoms with E-state index in [0.29, 0.717) is 37.2 Å². The first-order chi connectivity index (χ1) is 17.8. The summed E-state index contributed by atoms with van der Waals surface area (Å²) in [6.45, 7) is 7.91. The van der Waals surface area contributed by atoms with Crippen molar-refractivity contribution in [1.82, 2.24) is 19.7 Å². The summed E-state index contributed by atoms with van der Waals surface area (Å²) >= 11 is 0. The third kappa shape index (κ3) is 8.26. The van der Waals surface area contributed by atoms with Crippen LogP contribution in [0.2, 0.25) is 0 Å². The number of carbonyl (C=O) groups excluding carboxylic acids is 1. The van der Waals surface area contributed by atoms with E-state index in [1.807, 2.05) is 30.3 Å². The first-order valence-electron chi connectivity index (χ1n) is 13.3. The molecule has 3 N–H and O–H groups in total. The van der Waals surface area contributed by atoms with Crippen molar-refractivity contribution < 1.29 is 17.9 Å². The lowest BCUT2D eigenvalue weighted by Crippen LogP contribution is -2.49. The number of nitrogens with zero attached hydrogens (tertiary/aromatic N) is 1. The smallest absolute Gasteiger partial charge is 0.277 e. The molecular weight excluding hydrogens is 488 g/mol. The highest BCUT2D eigenvalue weighted by molar-refractivity contribution is 7.87. The van der Waals surface area contributed by atoms with E-state index in [9.17, 15) is 13.2 Å². The molecule has 204 valence electrons. The number of amides is 1. The minimum Gasteiger partial charge on any atom is -0.496 e. The molecule has 1 aliphatic carbocycles. The van der Waals surface area contributed by atoms with E-state index in [2.05, 4.69) is 45.6 Å². The third-order valence-electron chi connectivity index (χ3n) is 7.43. The third-order valence-corrected chi connectivity index (χ3v) is 8.66. The van der Waals surface area contributed by atoms with Gasteiger partial charge < -0.3 is 15.0 Å². The van der Waals surface area contributed by atoms with Crippen molar-refractivity contribution in [2.75, 3.05) is 39.8 Å². The Morgan fingerprint density at radius 1 is 1.03 bits per heavy atom. The average Bonchev–Trinajstić information content (AvgIpc) is 2.93. The van der Waals surface area contributed by atoms with Crippen LogP contribution in [0.3, 0.4) is 0 Å². The van der Waals surface area contributed by atoms with E-state index in [1.165, 1.54) is 0 Å². The second-order valence-electron chi connectivity index (χ2n) is 9.70. The molecule has 1 saturated carbocycles. The molecule has 0 saturated heterocycles. The number of carbonyl (C=O) groups is 1. The van der Waals surface area contributed by atoms with Gasteiger partial charge in [-0.2, -0.15) is 13.1 Å². The second-order valence-corrected chi connectivity index (χ2v) is 11.2. The van der Waals surface area contributed by atoms with Crippen LogP contribution < -0.4 is 19.5 Å². The zero-order chi connectivity index (χ0) is 26.7. The first kappa shape index (κ1) is 29.1. The molecule has 2 aromatic carbocycles. The number of hydrogen-bond acceptors (Lipinski definition) is 5. The van der Waals surface area contributed by atoms with Gasteiger partial charge in [0.05, 0.1) is 12.7 Å². The zero-order valence-corrected chi connectivity index (χ0v) is 23.1. The minimum absolute atomic E-state index is 0.137. The summed E-state index contributed by atoms with van der Waals surface area (Å²) < 4.78 is 36.2. The van der Waals surface area contributed by atoms with Crippen LogP contribution in [0.4, 0.5) is 0 Å². The zero-order valence-electron chi connectivity index (χ0n) is 22.3. The average molecular weight is 531 g/mol. The monoisotopic (exact) mass is 530 g/mol. The maximum Gasteiger partial charge on any atom is 0.277 e. The number of rotatable bonds is 14. The van der Waals surface area contributed by atoms with Crippen LogP contribution in [0.25, 0.3) is 0 Å². The lowest BCUT2D eigenvalue weighted by Gasteiger charge is -2.41. The molecule has 0 spiro atoms. The number of benzene rings is 2. The molecule has 0 atom stereocenters. The van der Waals surface area contributed by atoms with E-state index in [-0.39, 0.29) is 17.4 Å². The molecule has 0 aliphatic heterocycles. The van der Waals surface area contributed by atoms with Crippen LogP contribution in [0.5, 0.6) is 5.75 Å². The summed E-state index contributed by atoms with van der Waals surface area (Å²) in [6.07, 6.45) is 3.69. The maximum absolute atomic E-state index is 13.0. The molecule has 0 aromatic heterocycles. The summed E-state index contributed by atoms with van der Waals surface area (Å²) in [5, 5.41) is 3.12. The number of methoxy groups -OCH3 is 1. The number of para-hydroxylation sites is 1. The molecule has 9 heteroatoms. The van der Waals surface area contributed by atoms with Crippen molar-refractivity contribution in [1.29, 1.82) is 0 Å². The number of hydrogen-bond donors (Lipinski definition) is 3. The Labute approximate surface area is 222 Å². The predicted octanol–water partition coefficient (Wildman–Crippen LogP) is 3.46. The van der Waals surface area contributed by atoms with Crippen LogP contribution >= 0.6 is 0 Å². The maximum atomic E-state index is 13.0. The van der Waals surface area contributed by atoms with Crippen molar-refractivity contribution in [3.63, 3.8) is 0 Å². The van der Waals surface area contributed by atoms with Crippen molar-refractivity contribution in [2.24, 2.45) is 0 Å². The standard InChI is InChI=1S/C28H42N4O4S/c1-4-32(5-2)21-11-20-30-37(34,35)31-24-16-18-28(19-17-24,23-12-7-6-8-13-23)22-29-27(33)25-14-9-10-15-26(25)36-3/h6-10,12-15,24,30-31H,4-5,11,16-22H2,1-3H3,(H,29,33). The van der Waals surface area contributed by atoms with Crippen molar-refractivity contribution in [2.45, 2.75) is 57.4 Å². The van der Waals surface area contributed by atoms with Crippen LogP contribution in [-0.4, -0.2) is 65.1 Å². The van der Waals surface area contributed by atoms with Gasteiger partial charge in [0.25, 0.3) is 16.1 Å². The molecule has 3 rings (SSSR count). The van der Waals surface area contributed by atoms with Gasteiger partial charge in [-0.1, -0.05) is 56.3 Å². The van der Waals surface area contributed by atoms with Gasteiger partial charge >= 0.3 is 0 Å². The minimum atomic E-state index is -3.57. The Bertz CT molecular complexity index is 1080. The molecular formula is C28H42N4O4S. The van der Waals surface area contributed by atoms with Gasteiger partial charge in [0, 0.05) is 24.5 Å². The van der Waals surface area contributed by atoms with Crippen molar-refractivity contribution in [3.05, 3.63) is 65.7 Å². The van der Waals surface area contributed by atoms with Crippen LogP contribution in [0.15, 0.2) is 54.6 Å². The molecule has 1 amide bonds. The molecule has 8 nitrogen and oxygen atoms in total. The molecule has 37 heavy (non-hydrogen) atoms. The molecule has 1 fully saturated rings. The Kier molecular flexibility index (Phi) is 10.9. The lowest BCUT2D eigenvalue weighted by atomic mass is 9.68. The predicted molar refractivity (Wildman–Crippen MR) is 148 cm³/mol. The summed E-state index contributed by atoms with van der Waals surface area (Å²) in [5.74, 6) is 0.362. The van der Waals surface area contributed by atoms with Gasteiger partial charge in [-0.25, -0.2) is 4.72 Å².